The first-order valence-corrected chi connectivity index (χ1v) is 8.52. The van der Waals surface area contributed by atoms with Crippen molar-refractivity contribution in [3.63, 3.8) is 0 Å². The second-order valence-corrected chi connectivity index (χ2v) is 7.01. The van der Waals surface area contributed by atoms with Gasteiger partial charge >= 0.3 is 6.03 Å². The molecule has 3 rings (SSSR count). The number of likely N-dealkylation sites (N-methyl/N-ethyl adjacent to an activating group) is 2. The highest BCUT2D eigenvalue weighted by Gasteiger charge is 2.55. The molecule has 0 aromatic heterocycles. The molecule has 3 aliphatic rings. The fourth-order valence-corrected chi connectivity index (χ4v) is 3.96. The van der Waals surface area contributed by atoms with Gasteiger partial charge in [-0.2, -0.15) is 0 Å². The van der Waals surface area contributed by atoms with Crippen molar-refractivity contribution in [2.75, 3.05) is 46.8 Å². The van der Waals surface area contributed by atoms with Crippen LogP contribution in [0.5, 0.6) is 0 Å². The molecule has 128 valence electrons. The minimum atomic E-state index is -0.697. The van der Waals surface area contributed by atoms with Crippen molar-refractivity contribution < 1.29 is 14.4 Å². The fraction of sp³-hybridized carbons (Fsp3) is 0.812. The largest absolute Gasteiger partial charge is 0.339 e. The Morgan fingerprint density at radius 1 is 1.00 bits per heavy atom. The van der Waals surface area contributed by atoms with Gasteiger partial charge in [-0.15, -0.1) is 0 Å². The summed E-state index contributed by atoms with van der Waals surface area (Å²) in [6.45, 7) is 2.86. The smallest absolute Gasteiger partial charge is 0.327 e. The number of carbonyl (C=O) groups is 3. The van der Waals surface area contributed by atoms with E-state index in [0.29, 0.717) is 25.9 Å². The van der Waals surface area contributed by atoms with Crippen LogP contribution in [0.4, 0.5) is 4.79 Å². The van der Waals surface area contributed by atoms with Crippen LogP contribution in [-0.4, -0.2) is 89.8 Å². The van der Waals surface area contributed by atoms with Crippen molar-refractivity contribution in [3.8, 4) is 0 Å². The van der Waals surface area contributed by atoms with E-state index in [4.69, 9.17) is 0 Å². The van der Waals surface area contributed by atoms with E-state index in [1.807, 2.05) is 7.05 Å². The van der Waals surface area contributed by atoms with Crippen LogP contribution in [0.1, 0.15) is 32.1 Å². The predicted octanol–water partition coefficient (Wildman–Crippen LogP) is 0.357. The Labute approximate surface area is 137 Å². The molecule has 1 saturated carbocycles. The normalized spacial score (nSPS) is 25.6. The first-order valence-electron chi connectivity index (χ1n) is 8.52. The van der Waals surface area contributed by atoms with Crippen molar-refractivity contribution in [2.45, 2.75) is 37.6 Å². The first kappa shape index (κ1) is 16.2. The van der Waals surface area contributed by atoms with E-state index in [1.165, 1.54) is 4.90 Å². The zero-order chi connectivity index (χ0) is 16.6. The highest BCUT2D eigenvalue weighted by Crippen LogP contribution is 2.39. The van der Waals surface area contributed by atoms with Crippen molar-refractivity contribution in [1.82, 2.24) is 19.6 Å². The van der Waals surface area contributed by atoms with Crippen LogP contribution >= 0.6 is 0 Å². The number of amides is 4. The Morgan fingerprint density at radius 2 is 1.61 bits per heavy atom. The molecule has 0 unspecified atom stereocenters. The van der Waals surface area contributed by atoms with Crippen LogP contribution in [0.15, 0.2) is 0 Å². The van der Waals surface area contributed by atoms with Crippen LogP contribution in [-0.2, 0) is 9.59 Å². The Balaban J connectivity index is 1.69. The molecule has 3 fully saturated rings. The molecule has 1 spiro atoms. The van der Waals surface area contributed by atoms with Crippen LogP contribution in [0.25, 0.3) is 0 Å². The summed E-state index contributed by atoms with van der Waals surface area (Å²) < 4.78 is 0. The second-order valence-electron chi connectivity index (χ2n) is 7.01. The third-order valence-electron chi connectivity index (χ3n) is 5.63. The average molecular weight is 322 g/mol. The van der Waals surface area contributed by atoms with Gasteiger partial charge in [-0.1, -0.05) is 19.3 Å². The summed E-state index contributed by atoms with van der Waals surface area (Å²) in [6, 6.07) is -0.320. The maximum atomic E-state index is 12.9. The third kappa shape index (κ3) is 2.71. The molecule has 0 N–H and O–H groups in total. The summed E-state index contributed by atoms with van der Waals surface area (Å²) in [4.78, 5) is 44.5. The predicted molar refractivity (Wildman–Crippen MR) is 84.8 cm³/mol. The number of hydrogen-bond donors (Lipinski definition) is 0. The summed E-state index contributed by atoms with van der Waals surface area (Å²) in [5, 5.41) is 0. The molecule has 23 heavy (non-hydrogen) atoms. The van der Waals surface area contributed by atoms with Crippen molar-refractivity contribution >= 4 is 17.8 Å². The van der Waals surface area contributed by atoms with E-state index in [0.717, 1.165) is 32.4 Å². The molecule has 4 amide bonds. The number of rotatable bonds is 2. The zero-order valence-corrected chi connectivity index (χ0v) is 14.1. The molecule has 7 heteroatoms. The molecule has 0 aromatic carbocycles. The topological polar surface area (TPSA) is 64.2 Å². The average Bonchev–Trinajstić information content (AvgIpc) is 2.72. The standard InChI is InChI=1S/C16H26N4O3/c1-17-8-10-19(11-9-17)13(21)12-20-14(22)16(18(2)15(20)23)6-4-3-5-7-16/h3-12H2,1-2H3. The number of urea groups is 1. The number of imide groups is 1. The second kappa shape index (κ2) is 6.11. The molecule has 0 radical (unpaired) electrons. The number of piperazine rings is 1. The van der Waals surface area contributed by atoms with Gasteiger partial charge in [0.05, 0.1) is 0 Å². The number of hydrogen-bond acceptors (Lipinski definition) is 4. The van der Waals surface area contributed by atoms with E-state index in [9.17, 15) is 14.4 Å². The lowest BCUT2D eigenvalue weighted by Crippen LogP contribution is -2.52. The van der Waals surface area contributed by atoms with E-state index in [2.05, 4.69) is 4.90 Å². The Kier molecular flexibility index (Phi) is 4.31. The zero-order valence-electron chi connectivity index (χ0n) is 14.1. The van der Waals surface area contributed by atoms with Crippen molar-refractivity contribution in [2.24, 2.45) is 0 Å². The SMILES string of the molecule is CN1CCN(C(=O)CN2C(=O)N(C)C3(CCCCC3)C2=O)CC1. The van der Waals surface area contributed by atoms with Crippen LogP contribution in [0.3, 0.4) is 0 Å². The van der Waals surface area contributed by atoms with Crippen LogP contribution in [0.2, 0.25) is 0 Å². The molecule has 1 aliphatic carbocycles. The molecular formula is C16H26N4O3. The van der Waals surface area contributed by atoms with Gasteiger partial charge in [0.2, 0.25) is 5.91 Å². The highest BCUT2D eigenvalue weighted by molar-refractivity contribution is 6.08. The van der Waals surface area contributed by atoms with Gasteiger partial charge in [0.15, 0.2) is 0 Å². The maximum Gasteiger partial charge on any atom is 0.327 e. The fourth-order valence-electron chi connectivity index (χ4n) is 3.96. The molecule has 2 saturated heterocycles. The van der Waals surface area contributed by atoms with Crippen molar-refractivity contribution in [3.05, 3.63) is 0 Å². The third-order valence-corrected chi connectivity index (χ3v) is 5.63. The molecule has 0 aromatic rings. The Morgan fingerprint density at radius 3 is 2.22 bits per heavy atom. The minimum Gasteiger partial charge on any atom is -0.339 e. The van der Waals surface area contributed by atoms with Gasteiger partial charge in [0.25, 0.3) is 5.91 Å². The van der Waals surface area contributed by atoms with E-state index in [1.54, 1.807) is 16.8 Å². The summed E-state index contributed by atoms with van der Waals surface area (Å²) in [5.41, 5.74) is -0.697. The van der Waals surface area contributed by atoms with Crippen LogP contribution < -0.4 is 0 Å². The molecule has 2 heterocycles. The molecule has 0 atom stereocenters. The van der Waals surface area contributed by atoms with Crippen LogP contribution in [0, 0.1) is 0 Å². The van der Waals surface area contributed by atoms with Gasteiger partial charge in [-0.25, -0.2) is 4.79 Å². The Hall–Kier alpha value is -1.63. The highest BCUT2D eigenvalue weighted by atomic mass is 16.2. The Bertz CT molecular complexity index is 507. The summed E-state index contributed by atoms with van der Waals surface area (Å²) in [5.74, 6) is -0.298. The van der Waals surface area contributed by atoms with Gasteiger partial charge in [0.1, 0.15) is 12.1 Å². The number of nitrogens with zero attached hydrogens (tertiary/aromatic N) is 4. The van der Waals surface area contributed by atoms with Gasteiger partial charge < -0.3 is 14.7 Å². The summed E-state index contributed by atoms with van der Waals surface area (Å²) in [7, 11) is 3.73. The lowest BCUT2D eigenvalue weighted by atomic mass is 9.81. The van der Waals surface area contributed by atoms with Gasteiger partial charge in [0, 0.05) is 33.2 Å². The minimum absolute atomic E-state index is 0.118. The van der Waals surface area contributed by atoms with Crippen molar-refractivity contribution in [1.29, 1.82) is 0 Å². The lowest BCUT2D eigenvalue weighted by Gasteiger charge is -2.36. The molecule has 2 aliphatic heterocycles. The monoisotopic (exact) mass is 322 g/mol. The summed E-state index contributed by atoms with van der Waals surface area (Å²) in [6.07, 6.45) is 4.46. The van der Waals surface area contributed by atoms with E-state index >= 15 is 0 Å². The number of carbonyl (C=O) groups excluding carboxylic acids is 3. The molecule has 7 nitrogen and oxygen atoms in total. The molecular weight excluding hydrogens is 296 g/mol. The lowest BCUT2D eigenvalue weighted by molar-refractivity contribution is -0.141. The first-order chi connectivity index (χ1) is 11.0. The van der Waals surface area contributed by atoms with Gasteiger partial charge in [-0.3, -0.25) is 14.5 Å². The van der Waals surface area contributed by atoms with Gasteiger partial charge in [-0.05, 0) is 19.9 Å². The summed E-state index contributed by atoms with van der Waals surface area (Å²) >= 11 is 0. The maximum absolute atomic E-state index is 12.9. The van der Waals surface area contributed by atoms with E-state index < -0.39 is 5.54 Å². The quantitative estimate of drug-likeness (QED) is 0.689. The van der Waals surface area contributed by atoms with E-state index in [-0.39, 0.29) is 24.4 Å². The molecule has 0 bridgehead atoms.